The van der Waals surface area contributed by atoms with Gasteiger partial charge >= 0.3 is 0 Å². The van der Waals surface area contributed by atoms with Crippen LogP contribution in [-0.2, 0) is 6.42 Å². The van der Waals surface area contributed by atoms with Crippen LogP contribution in [0.3, 0.4) is 0 Å². The fourth-order valence-corrected chi connectivity index (χ4v) is 2.86. The molecule has 1 fully saturated rings. The van der Waals surface area contributed by atoms with Gasteiger partial charge in [0.1, 0.15) is 16.2 Å². The second-order valence-electron chi connectivity index (χ2n) is 5.52. The summed E-state index contributed by atoms with van der Waals surface area (Å²) in [5, 5.41) is 3.46. The van der Waals surface area contributed by atoms with Gasteiger partial charge in [0.2, 0.25) is 0 Å². The summed E-state index contributed by atoms with van der Waals surface area (Å²) in [6.07, 6.45) is 1.98. The van der Waals surface area contributed by atoms with Crippen LogP contribution in [0, 0.1) is 0 Å². The van der Waals surface area contributed by atoms with Gasteiger partial charge in [-0.2, -0.15) is 0 Å². The molecule has 1 unspecified atom stereocenters. The second kappa shape index (κ2) is 7.33. The van der Waals surface area contributed by atoms with E-state index in [1.807, 2.05) is 6.07 Å². The third-order valence-corrected chi connectivity index (χ3v) is 4.12. The van der Waals surface area contributed by atoms with Crippen molar-refractivity contribution in [3.8, 4) is 0 Å². The van der Waals surface area contributed by atoms with Crippen molar-refractivity contribution in [2.75, 3.05) is 45.6 Å². The number of hydrogen-bond donors (Lipinski definition) is 1. The van der Waals surface area contributed by atoms with Gasteiger partial charge in [-0.05, 0) is 36.4 Å². The quantitative estimate of drug-likeness (QED) is 0.828. The minimum absolute atomic E-state index is 0.525. The van der Waals surface area contributed by atoms with Crippen LogP contribution < -0.4 is 5.32 Å². The Labute approximate surface area is 129 Å². The van der Waals surface area contributed by atoms with E-state index in [2.05, 4.69) is 62.0 Å². The first-order chi connectivity index (χ1) is 9.58. The van der Waals surface area contributed by atoms with E-state index in [1.165, 1.54) is 0 Å². The SMILES string of the molecule is CCCc1nc(Br)cc(NCC2CN(C)CCN2C)n1. The number of nitrogens with one attached hydrogen (secondary N) is 1. The first-order valence-corrected chi connectivity index (χ1v) is 8.04. The number of rotatable bonds is 5. The van der Waals surface area contributed by atoms with Crippen molar-refractivity contribution < 1.29 is 0 Å². The number of aromatic nitrogens is 2. The van der Waals surface area contributed by atoms with E-state index in [-0.39, 0.29) is 0 Å². The van der Waals surface area contributed by atoms with E-state index in [0.29, 0.717) is 6.04 Å². The minimum Gasteiger partial charge on any atom is -0.368 e. The number of anilines is 1. The highest BCUT2D eigenvalue weighted by molar-refractivity contribution is 9.10. The topological polar surface area (TPSA) is 44.3 Å². The largest absolute Gasteiger partial charge is 0.368 e. The van der Waals surface area contributed by atoms with E-state index in [4.69, 9.17) is 0 Å². The molecule has 0 radical (unpaired) electrons. The summed E-state index contributed by atoms with van der Waals surface area (Å²) in [6, 6.07) is 2.48. The molecule has 0 saturated carbocycles. The molecule has 1 N–H and O–H groups in total. The molecular weight excluding hydrogens is 318 g/mol. The Hall–Kier alpha value is -0.720. The molecule has 1 saturated heterocycles. The maximum Gasteiger partial charge on any atom is 0.132 e. The summed E-state index contributed by atoms with van der Waals surface area (Å²) in [6.45, 7) is 6.42. The summed E-state index contributed by atoms with van der Waals surface area (Å²) in [5.74, 6) is 1.82. The maximum atomic E-state index is 4.57. The third kappa shape index (κ3) is 4.40. The van der Waals surface area contributed by atoms with Crippen LogP contribution >= 0.6 is 15.9 Å². The fourth-order valence-electron chi connectivity index (χ4n) is 2.43. The van der Waals surface area contributed by atoms with Crippen molar-refractivity contribution >= 4 is 21.7 Å². The summed E-state index contributed by atoms with van der Waals surface area (Å²) in [7, 11) is 4.37. The number of halogens is 1. The van der Waals surface area contributed by atoms with Gasteiger partial charge in [-0.25, -0.2) is 9.97 Å². The van der Waals surface area contributed by atoms with E-state index >= 15 is 0 Å². The van der Waals surface area contributed by atoms with Gasteiger partial charge in [0, 0.05) is 44.7 Å². The summed E-state index contributed by atoms with van der Waals surface area (Å²) < 4.78 is 0.854. The second-order valence-corrected chi connectivity index (χ2v) is 6.33. The predicted molar refractivity (Wildman–Crippen MR) is 86.1 cm³/mol. The lowest BCUT2D eigenvalue weighted by molar-refractivity contribution is 0.122. The number of piperazine rings is 1. The molecule has 20 heavy (non-hydrogen) atoms. The molecule has 1 aromatic heterocycles. The zero-order chi connectivity index (χ0) is 14.5. The molecule has 1 aliphatic heterocycles. The molecule has 5 nitrogen and oxygen atoms in total. The van der Waals surface area contributed by atoms with Gasteiger partial charge in [-0.1, -0.05) is 6.92 Å². The number of nitrogens with zero attached hydrogens (tertiary/aromatic N) is 4. The molecule has 2 rings (SSSR count). The molecule has 112 valence electrons. The molecule has 0 bridgehead atoms. The van der Waals surface area contributed by atoms with Gasteiger partial charge in [0.25, 0.3) is 0 Å². The molecule has 1 aromatic rings. The molecule has 2 heterocycles. The standard InChI is InChI=1S/C14H24BrN5/c1-4-5-13-17-12(15)8-14(18-13)16-9-11-10-19(2)6-7-20(11)3/h8,11H,4-7,9-10H2,1-3H3,(H,16,17,18). The number of likely N-dealkylation sites (N-methyl/N-ethyl adjacent to an activating group) is 2. The molecule has 0 amide bonds. The average Bonchev–Trinajstić information content (AvgIpc) is 2.40. The highest BCUT2D eigenvalue weighted by Crippen LogP contribution is 2.14. The lowest BCUT2D eigenvalue weighted by Gasteiger charge is -2.37. The van der Waals surface area contributed by atoms with Gasteiger partial charge in [-0.3, -0.25) is 4.90 Å². The minimum atomic E-state index is 0.525. The summed E-state index contributed by atoms with van der Waals surface area (Å²) >= 11 is 3.46. The Kier molecular flexibility index (Phi) is 5.74. The van der Waals surface area contributed by atoms with Crippen molar-refractivity contribution in [2.45, 2.75) is 25.8 Å². The Morgan fingerprint density at radius 1 is 1.35 bits per heavy atom. The molecule has 1 aliphatic rings. The monoisotopic (exact) mass is 341 g/mol. The molecule has 0 aromatic carbocycles. The predicted octanol–water partition coefficient (Wildman–Crippen LogP) is 1.85. The van der Waals surface area contributed by atoms with Gasteiger partial charge < -0.3 is 10.2 Å². The van der Waals surface area contributed by atoms with E-state index in [9.17, 15) is 0 Å². The van der Waals surface area contributed by atoms with Crippen molar-refractivity contribution in [2.24, 2.45) is 0 Å². The highest BCUT2D eigenvalue weighted by Gasteiger charge is 2.21. The maximum absolute atomic E-state index is 4.57. The normalized spacial score (nSPS) is 21.1. The Morgan fingerprint density at radius 2 is 2.15 bits per heavy atom. The number of hydrogen-bond acceptors (Lipinski definition) is 5. The van der Waals surface area contributed by atoms with Crippen LogP contribution in [0.15, 0.2) is 10.7 Å². The van der Waals surface area contributed by atoms with Gasteiger partial charge in [0.05, 0.1) is 0 Å². The van der Waals surface area contributed by atoms with Crippen molar-refractivity contribution in [1.29, 1.82) is 0 Å². The van der Waals surface area contributed by atoms with Gasteiger partial charge in [0.15, 0.2) is 0 Å². The molecule has 6 heteroatoms. The number of aryl methyl sites for hydroxylation is 1. The van der Waals surface area contributed by atoms with Crippen LogP contribution in [0.25, 0.3) is 0 Å². The van der Waals surface area contributed by atoms with Crippen molar-refractivity contribution in [1.82, 2.24) is 19.8 Å². The van der Waals surface area contributed by atoms with Crippen LogP contribution in [0.5, 0.6) is 0 Å². The average molecular weight is 342 g/mol. The Morgan fingerprint density at radius 3 is 2.90 bits per heavy atom. The zero-order valence-corrected chi connectivity index (χ0v) is 14.2. The first-order valence-electron chi connectivity index (χ1n) is 7.24. The van der Waals surface area contributed by atoms with Crippen molar-refractivity contribution in [3.05, 3.63) is 16.5 Å². The van der Waals surface area contributed by atoms with E-state index < -0.39 is 0 Å². The van der Waals surface area contributed by atoms with E-state index in [0.717, 1.165) is 55.3 Å². The van der Waals surface area contributed by atoms with Crippen LogP contribution in [0.1, 0.15) is 19.2 Å². The summed E-state index contributed by atoms with van der Waals surface area (Å²) in [4.78, 5) is 13.8. The highest BCUT2D eigenvalue weighted by atomic mass is 79.9. The fraction of sp³-hybridized carbons (Fsp3) is 0.714. The molecule has 1 atom stereocenters. The lowest BCUT2D eigenvalue weighted by atomic mass is 10.2. The van der Waals surface area contributed by atoms with Crippen LogP contribution in [0.2, 0.25) is 0 Å². The third-order valence-electron chi connectivity index (χ3n) is 3.71. The molecule has 0 spiro atoms. The smallest absolute Gasteiger partial charge is 0.132 e. The first kappa shape index (κ1) is 15.7. The zero-order valence-electron chi connectivity index (χ0n) is 12.6. The molecular formula is C14H24BrN5. The van der Waals surface area contributed by atoms with Gasteiger partial charge in [-0.15, -0.1) is 0 Å². The van der Waals surface area contributed by atoms with E-state index in [1.54, 1.807) is 0 Å². The summed E-state index contributed by atoms with van der Waals surface area (Å²) in [5.41, 5.74) is 0. The lowest BCUT2D eigenvalue weighted by Crippen LogP contribution is -2.52. The van der Waals surface area contributed by atoms with Crippen LogP contribution in [0.4, 0.5) is 5.82 Å². The van der Waals surface area contributed by atoms with Crippen LogP contribution in [-0.4, -0.2) is 66.1 Å². The molecule has 0 aliphatic carbocycles. The Bertz CT molecular complexity index is 440. The van der Waals surface area contributed by atoms with Crippen molar-refractivity contribution in [3.63, 3.8) is 0 Å². The Balaban J connectivity index is 1.95.